The third-order valence-electron chi connectivity index (χ3n) is 8.81. The lowest BCUT2D eigenvalue weighted by atomic mass is 9.98. The second kappa shape index (κ2) is 16.4. The summed E-state index contributed by atoms with van der Waals surface area (Å²) in [7, 11) is -1.46. The van der Waals surface area contributed by atoms with Gasteiger partial charge >= 0.3 is 6.09 Å². The zero-order valence-electron chi connectivity index (χ0n) is 28.3. The minimum absolute atomic E-state index is 0.00493. The van der Waals surface area contributed by atoms with E-state index in [4.69, 9.17) is 14.9 Å². The minimum atomic E-state index is -1.46. The number of rotatable bonds is 15. The van der Waals surface area contributed by atoms with Gasteiger partial charge in [-0.05, 0) is 36.1 Å². The minimum Gasteiger partial charge on any atom is -0.448 e. The van der Waals surface area contributed by atoms with Crippen molar-refractivity contribution < 1.29 is 29.3 Å². The lowest BCUT2D eigenvalue weighted by molar-refractivity contribution is -0.122. The van der Waals surface area contributed by atoms with Crippen molar-refractivity contribution in [1.29, 1.82) is 0 Å². The van der Waals surface area contributed by atoms with Crippen molar-refractivity contribution in [3.05, 3.63) is 82.1 Å². The lowest BCUT2D eigenvalue weighted by Gasteiger charge is -2.24. The number of aliphatic hydroxyl groups excluding tert-OH is 2. The second-order valence-electron chi connectivity index (χ2n) is 13.4. The molecular formula is C36H50N4O6Si. The number of carbonyl (C=O) groups excluding carboxylic acids is 3. The lowest BCUT2D eigenvalue weighted by Crippen LogP contribution is -2.43. The highest BCUT2D eigenvalue weighted by molar-refractivity contribution is 6.84. The fraction of sp³-hybridized carbons (Fsp3) is 0.472. The summed E-state index contributed by atoms with van der Waals surface area (Å²) >= 11 is 0. The van der Waals surface area contributed by atoms with E-state index in [0.717, 1.165) is 17.7 Å². The highest BCUT2D eigenvalue weighted by Gasteiger charge is 2.43. The number of benzene rings is 2. The molecular weight excluding hydrogens is 613 g/mol. The molecule has 0 aliphatic heterocycles. The van der Waals surface area contributed by atoms with Crippen molar-refractivity contribution in [2.75, 3.05) is 59.1 Å². The number of aliphatic hydroxyl groups is 2. The van der Waals surface area contributed by atoms with Crippen LogP contribution in [0.15, 0.2) is 70.9 Å². The third kappa shape index (κ3) is 9.86. The molecule has 0 saturated carbocycles. The molecule has 0 radical (unpaired) electrons. The van der Waals surface area contributed by atoms with E-state index >= 15 is 0 Å². The average molecular weight is 663 g/mol. The Hall–Kier alpha value is -3.77. The summed E-state index contributed by atoms with van der Waals surface area (Å²) in [5, 5.41) is 27.2. The average Bonchev–Trinajstić information content (AvgIpc) is 3.90. The molecule has 0 heterocycles. The Kier molecular flexibility index (Phi) is 12.6. The molecule has 11 heteroatoms. The molecule has 10 nitrogen and oxygen atoms in total. The van der Waals surface area contributed by atoms with Crippen LogP contribution < -0.4 is 16.0 Å². The van der Waals surface area contributed by atoms with E-state index in [-0.39, 0.29) is 56.6 Å². The van der Waals surface area contributed by atoms with Crippen LogP contribution >= 0.6 is 0 Å². The van der Waals surface area contributed by atoms with Crippen LogP contribution in [0.3, 0.4) is 0 Å². The second-order valence-corrected chi connectivity index (χ2v) is 18.4. The number of carbonyl (C=O) groups is 3. The van der Waals surface area contributed by atoms with Gasteiger partial charge in [-0.2, -0.15) is 0 Å². The zero-order chi connectivity index (χ0) is 34.1. The molecule has 0 bridgehead atoms. The molecule has 3 aliphatic rings. The molecule has 0 fully saturated rings. The van der Waals surface area contributed by atoms with Gasteiger partial charge in [-0.15, -0.1) is 0 Å². The van der Waals surface area contributed by atoms with Crippen LogP contribution in [0.5, 0.6) is 0 Å². The molecule has 5 rings (SSSR count). The summed E-state index contributed by atoms with van der Waals surface area (Å²) in [6.45, 7) is 13.2. The predicted molar refractivity (Wildman–Crippen MR) is 186 cm³/mol. The molecule has 254 valence electrons. The number of fused-ring (bicyclic) bond motifs is 3. The Morgan fingerprint density at radius 2 is 1.40 bits per heavy atom. The fourth-order valence-electron chi connectivity index (χ4n) is 6.36. The largest absolute Gasteiger partial charge is 0.448 e. The molecule has 2 unspecified atom stereocenters. The van der Waals surface area contributed by atoms with Gasteiger partial charge in [0.25, 0.3) is 0 Å². The number of amides is 3. The van der Waals surface area contributed by atoms with Crippen LogP contribution in [0.25, 0.3) is 11.1 Å². The fourth-order valence-corrected chi connectivity index (χ4v) is 9.00. The monoisotopic (exact) mass is 662 g/mol. The molecule has 0 aromatic heterocycles. The predicted octanol–water partition coefficient (Wildman–Crippen LogP) is 3.43. The van der Waals surface area contributed by atoms with Gasteiger partial charge in [0.1, 0.15) is 13.2 Å². The molecule has 2 atom stereocenters. The number of nitrogens with one attached hydrogen (secondary N) is 3. The Morgan fingerprint density at radius 1 is 0.851 bits per heavy atom. The molecule has 3 aliphatic carbocycles. The zero-order valence-corrected chi connectivity index (χ0v) is 29.3. The van der Waals surface area contributed by atoms with Gasteiger partial charge in [0, 0.05) is 43.9 Å². The van der Waals surface area contributed by atoms with Gasteiger partial charge in [0.2, 0.25) is 11.8 Å². The van der Waals surface area contributed by atoms with Crippen molar-refractivity contribution >= 4 is 26.0 Å². The van der Waals surface area contributed by atoms with Gasteiger partial charge in [0.15, 0.2) is 0 Å². The summed E-state index contributed by atoms with van der Waals surface area (Å²) in [4.78, 5) is 38.1. The highest BCUT2D eigenvalue weighted by atomic mass is 28.3. The van der Waals surface area contributed by atoms with Gasteiger partial charge in [-0.3, -0.25) is 14.5 Å². The Morgan fingerprint density at radius 3 is 1.91 bits per heavy atom. The maximum Gasteiger partial charge on any atom is 0.410 e. The van der Waals surface area contributed by atoms with Crippen molar-refractivity contribution in [1.82, 2.24) is 20.9 Å². The first-order valence-corrected chi connectivity index (χ1v) is 19.9. The Bertz CT molecular complexity index is 1450. The van der Waals surface area contributed by atoms with Crippen LogP contribution in [-0.4, -0.2) is 100 Å². The third-order valence-corrected chi connectivity index (χ3v) is 11.2. The van der Waals surface area contributed by atoms with Crippen LogP contribution in [0.4, 0.5) is 4.79 Å². The quantitative estimate of drug-likeness (QED) is 0.145. The Balaban J connectivity index is 0.000000323. The van der Waals surface area contributed by atoms with Crippen molar-refractivity contribution in [3.63, 3.8) is 0 Å². The summed E-state index contributed by atoms with van der Waals surface area (Å²) in [5.41, 5.74) is 7.40. The summed E-state index contributed by atoms with van der Waals surface area (Å²) < 4.78 is 5.84. The number of hydrogen-bond acceptors (Lipinski definition) is 7. The van der Waals surface area contributed by atoms with Gasteiger partial charge in [0.05, 0.1) is 27.8 Å². The van der Waals surface area contributed by atoms with Crippen molar-refractivity contribution in [3.8, 4) is 11.1 Å². The van der Waals surface area contributed by atoms with Crippen LogP contribution in [-0.2, 0) is 14.3 Å². The molecule has 5 N–H and O–H groups in total. The van der Waals surface area contributed by atoms with E-state index < -0.39 is 14.2 Å². The van der Waals surface area contributed by atoms with E-state index in [1.165, 1.54) is 32.4 Å². The molecule has 0 saturated heterocycles. The first-order valence-electron chi connectivity index (χ1n) is 16.4. The number of hydrogen-bond donors (Lipinski definition) is 5. The number of nitrogens with zero attached hydrogens (tertiary/aromatic N) is 1. The van der Waals surface area contributed by atoms with Crippen LogP contribution in [0.2, 0.25) is 19.6 Å². The summed E-state index contributed by atoms with van der Waals surface area (Å²) in [6, 6.07) is 16.5. The molecule has 2 aromatic carbocycles. The van der Waals surface area contributed by atoms with Crippen molar-refractivity contribution in [2.24, 2.45) is 11.8 Å². The highest BCUT2D eigenvalue weighted by Crippen LogP contribution is 2.46. The van der Waals surface area contributed by atoms with Gasteiger partial charge < -0.3 is 30.9 Å². The molecule has 0 spiro atoms. The van der Waals surface area contributed by atoms with Crippen molar-refractivity contribution in [2.45, 2.75) is 39.4 Å². The van der Waals surface area contributed by atoms with E-state index in [9.17, 15) is 14.4 Å². The van der Waals surface area contributed by atoms with E-state index in [0.29, 0.717) is 25.6 Å². The van der Waals surface area contributed by atoms with Crippen LogP contribution in [0, 0.1) is 11.8 Å². The van der Waals surface area contributed by atoms with Gasteiger partial charge in [-0.25, -0.2) is 4.79 Å². The SMILES string of the molecule is CC1=C([Si](C)(C)C)C1CN(CC(=O)NCCO)C(=O)OCC1c2ccccc2-c2ccccc21.CC1=CC1CNCC(=O)NCCO. The first-order chi connectivity index (χ1) is 22.5. The maximum absolute atomic E-state index is 13.2. The van der Waals surface area contributed by atoms with E-state index in [1.54, 1.807) is 0 Å². The topological polar surface area (TPSA) is 140 Å². The molecule has 3 amide bonds. The smallest absolute Gasteiger partial charge is 0.410 e. The van der Waals surface area contributed by atoms with E-state index in [1.807, 2.05) is 24.3 Å². The standard InChI is InChI=1S/C27H34N2O4Si.C9H16N2O2/c1-18-23(26(18)34(2,3)4)15-29(16-25(31)28-13-14-30)27(32)33-17-24-21-11-7-5-9-19(21)20-10-6-8-12-22(20)24;1-7-4-8(7)5-10-6-9(13)11-2-3-12/h5-12,23-24,30H,13-17H2,1-4H3,(H,28,31);4,8,10,12H,2-3,5-6H2,1H3,(H,11,13). The van der Waals surface area contributed by atoms with E-state index in [2.05, 4.69) is 79.8 Å². The summed E-state index contributed by atoms with van der Waals surface area (Å²) in [6.07, 6.45) is 1.69. The van der Waals surface area contributed by atoms with Crippen LogP contribution in [0.1, 0.15) is 30.9 Å². The first kappa shape index (κ1) is 36.1. The summed E-state index contributed by atoms with van der Waals surface area (Å²) in [5.74, 6) is 0.408. The molecule has 2 aromatic rings. The van der Waals surface area contributed by atoms with Gasteiger partial charge in [-0.1, -0.05) is 90.6 Å². The molecule has 47 heavy (non-hydrogen) atoms. The number of ether oxygens (including phenoxy) is 1. The Labute approximate surface area is 279 Å². The normalized spacial score (nSPS) is 17.5. The maximum atomic E-state index is 13.2.